The molecule has 5 nitrogen and oxygen atoms in total. The van der Waals surface area contributed by atoms with E-state index in [4.69, 9.17) is 5.11 Å². The molecule has 1 saturated heterocycles. The number of aliphatic hydroxyl groups excluding tert-OH is 1. The van der Waals surface area contributed by atoms with E-state index in [1.807, 2.05) is 0 Å². The number of aliphatic hydroxyl groups is 1. The minimum atomic E-state index is -0.633. The molecule has 5 heteroatoms. The zero-order valence-corrected chi connectivity index (χ0v) is 10.8. The first-order valence-corrected chi connectivity index (χ1v) is 6.15. The lowest BCUT2D eigenvalue weighted by Crippen LogP contribution is -2.49. The maximum absolute atomic E-state index is 11.8. The van der Waals surface area contributed by atoms with Gasteiger partial charge < -0.3 is 15.3 Å². The summed E-state index contributed by atoms with van der Waals surface area (Å²) >= 11 is 0. The van der Waals surface area contributed by atoms with E-state index in [0.29, 0.717) is 24.9 Å². The largest absolute Gasteiger partial charge is 0.392 e. The zero-order valence-electron chi connectivity index (χ0n) is 10.8. The summed E-state index contributed by atoms with van der Waals surface area (Å²) in [7, 11) is 0. The lowest BCUT2D eigenvalue weighted by molar-refractivity contribution is -0.147. The molecule has 3 unspecified atom stereocenters. The second-order valence-corrected chi connectivity index (χ2v) is 5.22. The molecule has 0 saturated carbocycles. The van der Waals surface area contributed by atoms with Crippen LogP contribution in [0.4, 0.5) is 0 Å². The van der Waals surface area contributed by atoms with Crippen LogP contribution in [-0.2, 0) is 9.59 Å². The molecule has 0 spiro atoms. The maximum atomic E-state index is 11.8. The molecule has 1 aliphatic rings. The normalized spacial score (nSPS) is 26.5. The molecule has 0 aromatic carbocycles. The first-order valence-electron chi connectivity index (χ1n) is 6.15. The lowest BCUT2D eigenvalue weighted by atomic mass is 9.92. The fourth-order valence-corrected chi connectivity index (χ4v) is 2.29. The molecular formula is C12H22N2O3. The van der Waals surface area contributed by atoms with Crippen LogP contribution in [0.5, 0.6) is 0 Å². The average Bonchev–Trinajstić information content (AvgIpc) is 2.23. The molecule has 1 fully saturated rings. The number of likely N-dealkylation sites (tertiary alicyclic amines) is 1. The molecule has 1 aliphatic heterocycles. The van der Waals surface area contributed by atoms with Gasteiger partial charge in [-0.3, -0.25) is 9.59 Å². The third kappa shape index (κ3) is 4.34. The molecule has 1 rings (SSSR count). The Labute approximate surface area is 102 Å². The highest BCUT2D eigenvalue weighted by atomic mass is 16.3. The van der Waals surface area contributed by atoms with Crippen LogP contribution in [0.1, 0.15) is 27.2 Å². The highest BCUT2D eigenvalue weighted by molar-refractivity contribution is 6.35. The van der Waals surface area contributed by atoms with Gasteiger partial charge in [0.1, 0.15) is 0 Å². The van der Waals surface area contributed by atoms with Gasteiger partial charge in [-0.05, 0) is 25.2 Å². The number of hydrogen-bond acceptors (Lipinski definition) is 3. The van der Waals surface area contributed by atoms with Crippen molar-refractivity contribution in [1.29, 1.82) is 0 Å². The molecular weight excluding hydrogens is 220 g/mol. The van der Waals surface area contributed by atoms with E-state index in [-0.39, 0.29) is 6.54 Å². The SMILES string of the molecule is CC(O)CNC(=O)C(=O)N1CC(C)CC(C)C1. The van der Waals surface area contributed by atoms with Gasteiger partial charge in [-0.1, -0.05) is 13.8 Å². The zero-order chi connectivity index (χ0) is 13.0. The molecule has 2 amide bonds. The highest BCUT2D eigenvalue weighted by Gasteiger charge is 2.28. The van der Waals surface area contributed by atoms with Gasteiger partial charge in [-0.15, -0.1) is 0 Å². The summed E-state index contributed by atoms with van der Waals surface area (Å²) in [5.41, 5.74) is 0. The Balaban J connectivity index is 2.48. The molecule has 0 aromatic heterocycles. The Hall–Kier alpha value is -1.10. The summed E-state index contributed by atoms with van der Waals surface area (Å²) in [6, 6.07) is 0. The fraction of sp³-hybridized carbons (Fsp3) is 0.833. The number of rotatable bonds is 2. The van der Waals surface area contributed by atoms with Crippen LogP contribution in [0, 0.1) is 11.8 Å². The van der Waals surface area contributed by atoms with E-state index < -0.39 is 17.9 Å². The summed E-state index contributed by atoms with van der Waals surface area (Å²) in [6.07, 6.45) is 0.463. The summed E-state index contributed by atoms with van der Waals surface area (Å²) < 4.78 is 0. The van der Waals surface area contributed by atoms with Crippen LogP contribution in [-0.4, -0.2) is 47.6 Å². The second kappa shape index (κ2) is 6.00. The van der Waals surface area contributed by atoms with Gasteiger partial charge in [-0.2, -0.15) is 0 Å². The second-order valence-electron chi connectivity index (χ2n) is 5.22. The van der Waals surface area contributed by atoms with Gasteiger partial charge in [0.05, 0.1) is 6.10 Å². The van der Waals surface area contributed by atoms with E-state index >= 15 is 0 Å². The van der Waals surface area contributed by atoms with Crippen LogP contribution < -0.4 is 5.32 Å². The van der Waals surface area contributed by atoms with Crippen LogP contribution in [0.3, 0.4) is 0 Å². The van der Waals surface area contributed by atoms with Crippen molar-refractivity contribution < 1.29 is 14.7 Å². The Morgan fingerprint density at radius 3 is 2.35 bits per heavy atom. The van der Waals surface area contributed by atoms with Crippen molar-refractivity contribution >= 4 is 11.8 Å². The number of piperidine rings is 1. The molecule has 0 bridgehead atoms. The minimum absolute atomic E-state index is 0.115. The van der Waals surface area contributed by atoms with Crippen LogP contribution >= 0.6 is 0 Å². The van der Waals surface area contributed by atoms with E-state index in [1.54, 1.807) is 11.8 Å². The number of amides is 2. The molecule has 98 valence electrons. The van der Waals surface area contributed by atoms with Crippen molar-refractivity contribution in [3.8, 4) is 0 Å². The first-order chi connectivity index (χ1) is 7.90. The van der Waals surface area contributed by atoms with Gasteiger partial charge >= 0.3 is 11.8 Å². The summed E-state index contributed by atoms with van der Waals surface area (Å²) in [5, 5.41) is 11.5. The molecule has 2 N–H and O–H groups in total. The van der Waals surface area contributed by atoms with Crippen LogP contribution in [0.15, 0.2) is 0 Å². The van der Waals surface area contributed by atoms with Crippen molar-refractivity contribution in [2.75, 3.05) is 19.6 Å². The summed E-state index contributed by atoms with van der Waals surface area (Å²) in [4.78, 5) is 25.0. The lowest BCUT2D eigenvalue weighted by Gasteiger charge is -2.34. The number of carbonyl (C=O) groups excluding carboxylic acids is 2. The number of nitrogens with one attached hydrogen (secondary N) is 1. The number of carbonyl (C=O) groups is 2. The monoisotopic (exact) mass is 242 g/mol. The standard InChI is InChI=1S/C12H22N2O3/c1-8-4-9(2)7-14(6-8)12(17)11(16)13-5-10(3)15/h8-10,15H,4-7H2,1-3H3,(H,13,16). The van der Waals surface area contributed by atoms with Crippen LogP contribution in [0.2, 0.25) is 0 Å². The number of nitrogens with zero attached hydrogens (tertiary/aromatic N) is 1. The smallest absolute Gasteiger partial charge is 0.311 e. The average molecular weight is 242 g/mol. The van der Waals surface area contributed by atoms with Crippen LogP contribution in [0.25, 0.3) is 0 Å². The predicted octanol–water partition coefficient (Wildman–Crippen LogP) is -0.0121. The molecule has 1 heterocycles. The Morgan fingerprint density at radius 1 is 1.35 bits per heavy atom. The van der Waals surface area contributed by atoms with Gasteiger partial charge in [0.15, 0.2) is 0 Å². The molecule has 0 radical (unpaired) electrons. The van der Waals surface area contributed by atoms with E-state index in [9.17, 15) is 9.59 Å². The Kier molecular flexibility index (Phi) is 4.93. The van der Waals surface area contributed by atoms with Crippen molar-refractivity contribution in [3.05, 3.63) is 0 Å². The molecule has 0 aromatic rings. The van der Waals surface area contributed by atoms with Crippen molar-refractivity contribution in [2.24, 2.45) is 11.8 Å². The highest BCUT2D eigenvalue weighted by Crippen LogP contribution is 2.20. The van der Waals surface area contributed by atoms with Crippen molar-refractivity contribution in [1.82, 2.24) is 10.2 Å². The van der Waals surface area contributed by atoms with Gasteiger partial charge in [0.25, 0.3) is 0 Å². The Bertz CT molecular complexity index is 281. The summed E-state index contributed by atoms with van der Waals surface area (Å²) in [6.45, 7) is 7.14. The van der Waals surface area contributed by atoms with Gasteiger partial charge in [-0.25, -0.2) is 0 Å². The quantitative estimate of drug-likeness (QED) is 0.669. The molecule has 17 heavy (non-hydrogen) atoms. The topological polar surface area (TPSA) is 69.6 Å². The molecule has 3 atom stereocenters. The predicted molar refractivity (Wildman–Crippen MR) is 64.2 cm³/mol. The Morgan fingerprint density at radius 2 is 1.88 bits per heavy atom. The first kappa shape index (κ1) is 14.0. The van der Waals surface area contributed by atoms with E-state index in [1.165, 1.54) is 0 Å². The maximum Gasteiger partial charge on any atom is 0.311 e. The van der Waals surface area contributed by atoms with Gasteiger partial charge in [0, 0.05) is 19.6 Å². The van der Waals surface area contributed by atoms with Crippen molar-refractivity contribution in [3.63, 3.8) is 0 Å². The third-order valence-corrected chi connectivity index (χ3v) is 2.91. The van der Waals surface area contributed by atoms with Crippen molar-refractivity contribution in [2.45, 2.75) is 33.3 Å². The fourth-order valence-electron chi connectivity index (χ4n) is 2.29. The van der Waals surface area contributed by atoms with Gasteiger partial charge in [0.2, 0.25) is 0 Å². The molecule has 0 aliphatic carbocycles. The minimum Gasteiger partial charge on any atom is -0.392 e. The van der Waals surface area contributed by atoms with E-state index in [2.05, 4.69) is 19.2 Å². The summed E-state index contributed by atoms with van der Waals surface area (Å²) in [5.74, 6) is -0.226. The van der Waals surface area contributed by atoms with E-state index in [0.717, 1.165) is 6.42 Å². The number of hydrogen-bond donors (Lipinski definition) is 2. The third-order valence-electron chi connectivity index (χ3n) is 2.91.